The van der Waals surface area contributed by atoms with Gasteiger partial charge in [-0.3, -0.25) is 0 Å². The molecule has 1 amide bonds. The van der Waals surface area contributed by atoms with Crippen molar-refractivity contribution >= 4 is 6.09 Å². The third kappa shape index (κ3) is 2.35. The molecule has 1 aliphatic heterocycles. The van der Waals surface area contributed by atoms with Crippen LogP contribution in [0.3, 0.4) is 0 Å². The summed E-state index contributed by atoms with van der Waals surface area (Å²) in [5.41, 5.74) is 0.971. The van der Waals surface area contributed by atoms with E-state index in [9.17, 15) is 4.79 Å². The molecule has 0 unspecified atom stereocenters. The van der Waals surface area contributed by atoms with Crippen LogP contribution in [0.1, 0.15) is 18.2 Å². The molecule has 0 saturated heterocycles. The van der Waals surface area contributed by atoms with Gasteiger partial charge in [0.25, 0.3) is 5.88 Å². The van der Waals surface area contributed by atoms with Gasteiger partial charge < -0.3 is 18.9 Å². The number of amides is 1. The highest BCUT2D eigenvalue weighted by molar-refractivity contribution is 5.67. The molecule has 0 atom stereocenters. The molecule has 6 heteroatoms. The summed E-state index contributed by atoms with van der Waals surface area (Å²) in [5.74, 6) is 1.36. The van der Waals surface area contributed by atoms with E-state index in [0.717, 1.165) is 11.3 Å². The Hall–Kier alpha value is -1.72. The van der Waals surface area contributed by atoms with E-state index in [2.05, 4.69) is 5.16 Å². The minimum atomic E-state index is -0.305. The Kier molecular flexibility index (Phi) is 3.51. The molecule has 17 heavy (non-hydrogen) atoms. The molecule has 0 aliphatic carbocycles. The number of carbonyl (C=O) groups excluding carboxylic acids is 1. The van der Waals surface area contributed by atoms with Crippen LogP contribution in [0.5, 0.6) is 5.88 Å². The second kappa shape index (κ2) is 5.07. The van der Waals surface area contributed by atoms with Crippen LogP contribution in [0.25, 0.3) is 0 Å². The topological polar surface area (TPSA) is 64.8 Å². The van der Waals surface area contributed by atoms with Gasteiger partial charge in [0.2, 0.25) is 0 Å². The molecule has 1 aromatic heterocycles. The third-order valence-electron chi connectivity index (χ3n) is 2.79. The van der Waals surface area contributed by atoms with Crippen molar-refractivity contribution < 1.29 is 18.8 Å². The summed E-state index contributed by atoms with van der Waals surface area (Å²) in [6.07, 6.45) is 1.02. The molecule has 0 spiro atoms. The molecule has 0 saturated carbocycles. The number of nitrogens with zero attached hydrogens (tertiary/aromatic N) is 2. The number of fused-ring (bicyclic) bond motifs is 1. The average Bonchev–Trinajstić information content (AvgIpc) is 2.60. The first-order valence-electron chi connectivity index (χ1n) is 5.69. The number of ether oxygens (including phenoxy) is 2. The zero-order valence-electron chi connectivity index (χ0n) is 10.1. The van der Waals surface area contributed by atoms with Gasteiger partial charge in [-0.2, -0.15) is 0 Å². The standard InChI is InChI=1S/C11H16N2O4/c1-3-16-10-8-4-6-13(11(14)15-2)7-5-9(8)17-12-10/h3-7H2,1-2H3. The molecular weight excluding hydrogens is 224 g/mol. The van der Waals surface area contributed by atoms with Crippen LogP contribution in [0.15, 0.2) is 4.52 Å². The van der Waals surface area contributed by atoms with Gasteiger partial charge in [-0.25, -0.2) is 4.79 Å². The molecule has 1 aliphatic rings. The van der Waals surface area contributed by atoms with Gasteiger partial charge in [0.15, 0.2) is 0 Å². The van der Waals surface area contributed by atoms with Crippen LogP contribution in [-0.2, 0) is 17.6 Å². The van der Waals surface area contributed by atoms with E-state index in [1.54, 1.807) is 4.90 Å². The average molecular weight is 240 g/mol. The van der Waals surface area contributed by atoms with Crippen molar-refractivity contribution in [1.29, 1.82) is 0 Å². The van der Waals surface area contributed by atoms with E-state index in [0.29, 0.717) is 38.4 Å². The maximum absolute atomic E-state index is 11.4. The summed E-state index contributed by atoms with van der Waals surface area (Å²) >= 11 is 0. The fourth-order valence-electron chi connectivity index (χ4n) is 1.93. The summed E-state index contributed by atoms with van der Waals surface area (Å²) in [7, 11) is 1.39. The van der Waals surface area contributed by atoms with Crippen molar-refractivity contribution in [2.24, 2.45) is 0 Å². The first-order chi connectivity index (χ1) is 8.26. The molecule has 2 rings (SSSR count). The number of hydrogen-bond donors (Lipinski definition) is 0. The van der Waals surface area contributed by atoms with E-state index in [1.807, 2.05) is 6.92 Å². The maximum Gasteiger partial charge on any atom is 0.409 e. The Bertz CT molecular complexity index is 402. The first-order valence-corrected chi connectivity index (χ1v) is 5.69. The number of hydrogen-bond acceptors (Lipinski definition) is 5. The lowest BCUT2D eigenvalue weighted by molar-refractivity contribution is 0.124. The molecule has 94 valence electrons. The molecule has 0 aromatic carbocycles. The highest BCUT2D eigenvalue weighted by atomic mass is 16.5. The minimum absolute atomic E-state index is 0.305. The van der Waals surface area contributed by atoms with Crippen LogP contribution in [0.4, 0.5) is 4.79 Å². The molecule has 0 radical (unpaired) electrons. The number of carbonyl (C=O) groups is 1. The maximum atomic E-state index is 11.4. The summed E-state index contributed by atoms with van der Waals surface area (Å²) in [6.45, 7) is 3.64. The lowest BCUT2D eigenvalue weighted by Crippen LogP contribution is -2.33. The van der Waals surface area contributed by atoms with Gasteiger partial charge in [-0.15, -0.1) is 0 Å². The minimum Gasteiger partial charge on any atom is -0.476 e. The van der Waals surface area contributed by atoms with Crippen molar-refractivity contribution in [2.75, 3.05) is 26.8 Å². The molecule has 0 bridgehead atoms. The van der Waals surface area contributed by atoms with Gasteiger partial charge in [0.05, 0.1) is 19.3 Å². The Balaban J connectivity index is 2.10. The largest absolute Gasteiger partial charge is 0.476 e. The lowest BCUT2D eigenvalue weighted by atomic mass is 10.2. The summed E-state index contributed by atoms with van der Waals surface area (Å²) in [6, 6.07) is 0. The predicted octanol–water partition coefficient (Wildman–Crippen LogP) is 1.24. The Labute approximate surface area is 99.5 Å². The van der Waals surface area contributed by atoms with E-state index < -0.39 is 0 Å². The van der Waals surface area contributed by atoms with Crippen molar-refractivity contribution in [3.63, 3.8) is 0 Å². The van der Waals surface area contributed by atoms with E-state index in [-0.39, 0.29) is 6.09 Å². The zero-order valence-corrected chi connectivity index (χ0v) is 10.1. The summed E-state index contributed by atoms with van der Waals surface area (Å²) < 4.78 is 15.3. The lowest BCUT2D eigenvalue weighted by Gasteiger charge is -2.17. The molecule has 2 heterocycles. The highest BCUT2D eigenvalue weighted by Crippen LogP contribution is 2.25. The van der Waals surface area contributed by atoms with Crippen molar-refractivity contribution in [3.05, 3.63) is 11.3 Å². The Morgan fingerprint density at radius 1 is 1.47 bits per heavy atom. The smallest absolute Gasteiger partial charge is 0.409 e. The van der Waals surface area contributed by atoms with Crippen LogP contribution in [0, 0.1) is 0 Å². The molecule has 1 aromatic rings. The van der Waals surface area contributed by atoms with Gasteiger partial charge in [-0.05, 0) is 18.5 Å². The van der Waals surface area contributed by atoms with Crippen LogP contribution in [-0.4, -0.2) is 43.0 Å². The van der Waals surface area contributed by atoms with Gasteiger partial charge in [0.1, 0.15) is 5.76 Å². The third-order valence-corrected chi connectivity index (χ3v) is 2.79. The Morgan fingerprint density at radius 2 is 2.24 bits per heavy atom. The second-order valence-corrected chi connectivity index (χ2v) is 3.78. The molecule has 0 fully saturated rings. The van der Waals surface area contributed by atoms with Crippen LogP contribution >= 0.6 is 0 Å². The van der Waals surface area contributed by atoms with Crippen LogP contribution < -0.4 is 4.74 Å². The fraction of sp³-hybridized carbons (Fsp3) is 0.636. The van der Waals surface area contributed by atoms with Crippen molar-refractivity contribution in [1.82, 2.24) is 10.1 Å². The first kappa shape index (κ1) is 11.8. The number of rotatable bonds is 2. The monoisotopic (exact) mass is 240 g/mol. The summed E-state index contributed by atoms with van der Waals surface area (Å²) in [5, 5.41) is 3.89. The molecule has 6 nitrogen and oxygen atoms in total. The quantitative estimate of drug-likeness (QED) is 0.778. The van der Waals surface area contributed by atoms with Gasteiger partial charge >= 0.3 is 6.09 Å². The fourth-order valence-corrected chi connectivity index (χ4v) is 1.93. The van der Waals surface area contributed by atoms with Crippen molar-refractivity contribution in [3.8, 4) is 5.88 Å². The SMILES string of the molecule is CCOc1noc2c1CCN(C(=O)OC)CC2. The van der Waals surface area contributed by atoms with E-state index >= 15 is 0 Å². The van der Waals surface area contributed by atoms with Crippen molar-refractivity contribution in [2.45, 2.75) is 19.8 Å². The summed E-state index contributed by atoms with van der Waals surface area (Å²) in [4.78, 5) is 13.1. The van der Waals surface area contributed by atoms with E-state index in [4.69, 9.17) is 14.0 Å². The van der Waals surface area contributed by atoms with Crippen LogP contribution in [0.2, 0.25) is 0 Å². The van der Waals surface area contributed by atoms with Gasteiger partial charge in [0, 0.05) is 19.5 Å². The highest BCUT2D eigenvalue weighted by Gasteiger charge is 2.24. The molecular formula is C11H16N2O4. The molecule has 0 N–H and O–H groups in total. The van der Waals surface area contributed by atoms with E-state index in [1.165, 1.54) is 7.11 Å². The number of aromatic nitrogens is 1. The number of methoxy groups -OCH3 is 1. The normalized spacial score (nSPS) is 15.1. The Morgan fingerprint density at radius 3 is 2.94 bits per heavy atom. The van der Waals surface area contributed by atoms with Gasteiger partial charge in [-0.1, -0.05) is 0 Å². The second-order valence-electron chi connectivity index (χ2n) is 3.78. The zero-order chi connectivity index (χ0) is 12.3. The predicted molar refractivity (Wildman–Crippen MR) is 59.1 cm³/mol.